The van der Waals surface area contributed by atoms with Crippen molar-refractivity contribution in [2.24, 2.45) is 0 Å². The fourth-order valence-corrected chi connectivity index (χ4v) is 3.58. The lowest BCUT2D eigenvalue weighted by molar-refractivity contribution is 0.282. The molecule has 2 rings (SSSR count). The average Bonchev–Trinajstić information content (AvgIpc) is 2.46. The van der Waals surface area contributed by atoms with Crippen LogP contribution in [0.15, 0.2) is 53.4 Å². The van der Waals surface area contributed by atoms with E-state index in [1.54, 1.807) is 48.2 Å². The standard InChI is InChI=1S/C15H17NO3S2/c1-20-15-7-3-6-14(9-15)16-21(18,19)11-13-5-2-4-12(8-13)10-17/h2-9,16-17H,10-11H2,1H3. The van der Waals surface area contributed by atoms with Gasteiger partial charge in [-0.2, -0.15) is 0 Å². The molecule has 0 radical (unpaired) electrons. The fourth-order valence-electron chi connectivity index (χ4n) is 1.94. The molecule has 0 unspecified atom stereocenters. The molecule has 0 saturated carbocycles. The molecule has 4 nitrogen and oxygen atoms in total. The van der Waals surface area contributed by atoms with Gasteiger partial charge in [0.1, 0.15) is 0 Å². The zero-order valence-corrected chi connectivity index (χ0v) is 13.2. The van der Waals surface area contributed by atoms with Crippen LogP contribution in [-0.2, 0) is 22.4 Å². The van der Waals surface area contributed by atoms with Gasteiger partial charge in [0.25, 0.3) is 0 Å². The largest absolute Gasteiger partial charge is 0.392 e. The number of sulfonamides is 1. The predicted octanol–water partition coefficient (Wildman–Crippen LogP) is 2.84. The normalized spacial score (nSPS) is 11.3. The van der Waals surface area contributed by atoms with Gasteiger partial charge < -0.3 is 5.11 Å². The number of hydrogen-bond donors (Lipinski definition) is 2. The number of anilines is 1. The highest BCUT2D eigenvalue weighted by Crippen LogP contribution is 2.20. The first-order valence-corrected chi connectivity index (χ1v) is 9.23. The van der Waals surface area contributed by atoms with E-state index in [0.717, 1.165) is 4.90 Å². The number of rotatable bonds is 6. The summed E-state index contributed by atoms with van der Waals surface area (Å²) >= 11 is 1.56. The van der Waals surface area contributed by atoms with Crippen LogP contribution in [0.3, 0.4) is 0 Å². The highest BCUT2D eigenvalue weighted by Gasteiger charge is 2.12. The maximum Gasteiger partial charge on any atom is 0.236 e. The van der Waals surface area contributed by atoms with E-state index in [-0.39, 0.29) is 12.4 Å². The molecule has 0 fully saturated rings. The zero-order chi connectivity index (χ0) is 15.3. The van der Waals surface area contributed by atoms with Crippen LogP contribution in [0, 0.1) is 0 Å². The number of thioether (sulfide) groups is 1. The number of benzene rings is 2. The topological polar surface area (TPSA) is 66.4 Å². The summed E-state index contributed by atoms with van der Waals surface area (Å²) in [6.45, 7) is -0.100. The number of nitrogens with one attached hydrogen (secondary N) is 1. The summed E-state index contributed by atoms with van der Waals surface area (Å²) in [4.78, 5) is 0.998. The lowest BCUT2D eigenvalue weighted by Crippen LogP contribution is -2.15. The van der Waals surface area contributed by atoms with E-state index in [1.807, 2.05) is 18.4 Å². The molecular weight excluding hydrogens is 306 g/mol. The summed E-state index contributed by atoms with van der Waals surface area (Å²) in [7, 11) is -3.48. The highest BCUT2D eigenvalue weighted by atomic mass is 32.2. The first-order valence-electron chi connectivity index (χ1n) is 6.35. The Labute approximate surface area is 129 Å². The van der Waals surface area contributed by atoms with E-state index in [4.69, 9.17) is 5.11 Å². The average molecular weight is 323 g/mol. The maximum atomic E-state index is 12.2. The molecule has 112 valence electrons. The molecule has 21 heavy (non-hydrogen) atoms. The third kappa shape index (κ3) is 4.77. The second-order valence-electron chi connectivity index (χ2n) is 4.57. The second-order valence-corrected chi connectivity index (χ2v) is 7.17. The van der Waals surface area contributed by atoms with Crippen LogP contribution in [0.5, 0.6) is 0 Å². The van der Waals surface area contributed by atoms with Gasteiger partial charge in [0.15, 0.2) is 0 Å². The van der Waals surface area contributed by atoms with Gasteiger partial charge in [0, 0.05) is 10.6 Å². The van der Waals surface area contributed by atoms with E-state index in [0.29, 0.717) is 16.8 Å². The molecule has 0 atom stereocenters. The smallest absolute Gasteiger partial charge is 0.236 e. The van der Waals surface area contributed by atoms with Crippen LogP contribution in [0.25, 0.3) is 0 Å². The SMILES string of the molecule is CSc1cccc(NS(=O)(=O)Cc2cccc(CO)c2)c1. The second kappa shape index (κ2) is 6.98. The molecule has 0 heterocycles. The minimum absolute atomic E-state index is 0.100. The van der Waals surface area contributed by atoms with Crippen LogP contribution < -0.4 is 4.72 Å². The number of aliphatic hydroxyl groups is 1. The molecule has 0 saturated heterocycles. The Balaban J connectivity index is 2.14. The molecule has 0 spiro atoms. The van der Waals surface area contributed by atoms with E-state index >= 15 is 0 Å². The van der Waals surface area contributed by atoms with Crippen LogP contribution in [0.4, 0.5) is 5.69 Å². The van der Waals surface area contributed by atoms with Crippen molar-refractivity contribution in [1.29, 1.82) is 0 Å². The minimum atomic E-state index is -3.48. The Morgan fingerprint density at radius 1 is 1.10 bits per heavy atom. The van der Waals surface area contributed by atoms with Crippen molar-refractivity contribution in [3.05, 3.63) is 59.7 Å². The molecule has 0 aliphatic heterocycles. The van der Waals surface area contributed by atoms with E-state index < -0.39 is 10.0 Å². The van der Waals surface area contributed by atoms with Crippen molar-refractivity contribution < 1.29 is 13.5 Å². The molecule has 6 heteroatoms. The monoisotopic (exact) mass is 323 g/mol. The van der Waals surface area contributed by atoms with Crippen molar-refractivity contribution in [1.82, 2.24) is 0 Å². The van der Waals surface area contributed by atoms with Crippen LogP contribution in [0.1, 0.15) is 11.1 Å². The van der Waals surface area contributed by atoms with Crippen molar-refractivity contribution in [3.8, 4) is 0 Å². The first kappa shape index (κ1) is 15.9. The molecule has 0 amide bonds. The van der Waals surface area contributed by atoms with Gasteiger partial charge in [-0.25, -0.2) is 8.42 Å². The summed E-state index contributed by atoms with van der Waals surface area (Å²) in [6, 6.07) is 14.2. The first-order chi connectivity index (χ1) is 10.0. The third-order valence-corrected chi connectivity index (χ3v) is 4.86. The Bertz CT molecular complexity index is 659. The molecule has 0 bridgehead atoms. The van der Waals surface area contributed by atoms with Gasteiger partial charge in [0.05, 0.1) is 12.4 Å². The zero-order valence-electron chi connectivity index (χ0n) is 11.6. The van der Waals surface area contributed by atoms with Crippen molar-refractivity contribution >= 4 is 27.5 Å². The van der Waals surface area contributed by atoms with E-state index in [9.17, 15) is 8.42 Å². The van der Waals surface area contributed by atoms with Gasteiger partial charge in [-0.05, 0) is 35.6 Å². The quantitative estimate of drug-likeness (QED) is 0.802. The van der Waals surface area contributed by atoms with Gasteiger partial charge >= 0.3 is 0 Å². The third-order valence-electron chi connectivity index (χ3n) is 2.87. The van der Waals surface area contributed by atoms with Gasteiger partial charge in [0.2, 0.25) is 10.0 Å². The Morgan fingerprint density at radius 3 is 2.52 bits per heavy atom. The highest BCUT2D eigenvalue weighted by molar-refractivity contribution is 7.98. The van der Waals surface area contributed by atoms with Crippen LogP contribution in [0.2, 0.25) is 0 Å². The molecule has 2 N–H and O–H groups in total. The maximum absolute atomic E-state index is 12.2. The predicted molar refractivity (Wildman–Crippen MR) is 86.8 cm³/mol. The lowest BCUT2D eigenvalue weighted by Gasteiger charge is -2.09. The van der Waals surface area contributed by atoms with Crippen LogP contribution >= 0.6 is 11.8 Å². The molecule has 2 aromatic carbocycles. The summed E-state index contributed by atoms with van der Waals surface area (Å²) in [5.74, 6) is -0.121. The molecule has 0 aliphatic carbocycles. The van der Waals surface area contributed by atoms with Gasteiger partial charge in [-0.15, -0.1) is 11.8 Å². The molecule has 2 aromatic rings. The summed E-state index contributed by atoms with van der Waals surface area (Å²) in [6.07, 6.45) is 1.94. The van der Waals surface area contributed by atoms with Crippen molar-refractivity contribution in [3.63, 3.8) is 0 Å². The number of aliphatic hydroxyl groups excluding tert-OH is 1. The Kier molecular flexibility index (Phi) is 5.27. The molecule has 0 aromatic heterocycles. The van der Waals surface area contributed by atoms with Gasteiger partial charge in [-0.1, -0.05) is 30.3 Å². The minimum Gasteiger partial charge on any atom is -0.392 e. The molecular formula is C15H17NO3S2. The van der Waals surface area contributed by atoms with Crippen LogP contribution in [-0.4, -0.2) is 19.8 Å². The van der Waals surface area contributed by atoms with E-state index in [1.165, 1.54) is 0 Å². The Hall–Kier alpha value is -1.50. The number of hydrogen-bond acceptors (Lipinski definition) is 4. The summed E-state index contributed by atoms with van der Waals surface area (Å²) in [5.41, 5.74) is 1.90. The summed E-state index contributed by atoms with van der Waals surface area (Å²) in [5, 5.41) is 9.09. The fraction of sp³-hybridized carbons (Fsp3) is 0.200. The molecule has 0 aliphatic rings. The van der Waals surface area contributed by atoms with E-state index in [2.05, 4.69) is 4.72 Å². The lowest BCUT2D eigenvalue weighted by atomic mass is 10.1. The van der Waals surface area contributed by atoms with Crippen molar-refractivity contribution in [2.75, 3.05) is 11.0 Å². The van der Waals surface area contributed by atoms with Gasteiger partial charge in [-0.3, -0.25) is 4.72 Å². The summed E-state index contributed by atoms with van der Waals surface area (Å²) < 4.78 is 27.0. The Morgan fingerprint density at radius 2 is 1.81 bits per heavy atom. The van der Waals surface area contributed by atoms with Crippen molar-refractivity contribution in [2.45, 2.75) is 17.3 Å².